The molecule has 0 N–H and O–H groups in total. The average Bonchev–Trinajstić information content (AvgIpc) is 2.21. The summed E-state index contributed by atoms with van der Waals surface area (Å²) in [6.07, 6.45) is 8.39. The maximum absolute atomic E-state index is 2.43. The van der Waals surface area contributed by atoms with Crippen LogP contribution in [0.15, 0.2) is 0 Å². The van der Waals surface area contributed by atoms with Gasteiger partial charge in [0.05, 0.1) is 0 Å². The Bertz CT molecular complexity index is 117. The molecule has 0 bridgehead atoms. The van der Waals surface area contributed by atoms with Crippen molar-refractivity contribution >= 4 is 0 Å². The second-order valence-electron chi connectivity index (χ2n) is 5.19. The molecule has 3 atom stereocenters. The van der Waals surface area contributed by atoms with Crippen molar-refractivity contribution in [3.05, 3.63) is 0 Å². The Morgan fingerprint density at radius 1 is 0.786 bits per heavy atom. The molecule has 0 aliphatic carbocycles. The third-order valence-corrected chi connectivity index (χ3v) is 3.80. The summed E-state index contributed by atoms with van der Waals surface area (Å²) in [6, 6.07) is 0. The standard InChI is InChI=1S/C14H30/c1-6-8-9-13(4)14(5)11-10-12(3)7-2/h12-14H,6-11H2,1-5H3. The first-order valence-corrected chi connectivity index (χ1v) is 6.61. The predicted octanol–water partition coefficient (Wildman–Crippen LogP) is 5.28. The van der Waals surface area contributed by atoms with Crippen LogP contribution in [0, 0.1) is 17.8 Å². The molecule has 0 spiro atoms. The lowest BCUT2D eigenvalue weighted by atomic mass is 9.85. The normalized spacial score (nSPS) is 17.8. The number of rotatable bonds is 8. The first kappa shape index (κ1) is 14.0. The van der Waals surface area contributed by atoms with Gasteiger partial charge in [0.2, 0.25) is 0 Å². The van der Waals surface area contributed by atoms with Gasteiger partial charge in [-0.25, -0.2) is 0 Å². The van der Waals surface area contributed by atoms with Crippen LogP contribution in [-0.4, -0.2) is 0 Å². The van der Waals surface area contributed by atoms with Gasteiger partial charge in [0, 0.05) is 0 Å². The lowest BCUT2D eigenvalue weighted by Crippen LogP contribution is -2.09. The van der Waals surface area contributed by atoms with Crippen molar-refractivity contribution in [2.45, 2.75) is 73.1 Å². The van der Waals surface area contributed by atoms with Crippen LogP contribution in [0.3, 0.4) is 0 Å². The van der Waals surface area contributed by atoms with Gasteiger partial charge in [-0.05, 0) is 17.8 Å². The molecule has 0 nitrogen and oxygen atoms in total. The molecule has 0 heteroatoms. The molecule has 0 radical (unpaired) electrons. The second kappa shape index (κ2) is 8.32. The van der Waals surface area contributed by atoms with Crippen LogP contribution in [0.1, 0.15) is 73.1 Å². The molecule has 3 unspecified atom stereocenters. The minimum atomic E-state index is 0.926. The van der Waals surface area contributed by atoms with E-state index in [-0.39, 0.29) is 0 Å². The Morgan fingerprint density at radius 2 is 1.36 bits per heavy atom. The molecule has 0 aromatic heterocycles. The maximum Gasteiger partial charge on any atom is -0.0417 e. The summed E-state index contributed by atoms with van der Waals surface area (Å²) in [5, 5.41) is 0. The Hall–Kier alpha value is 0. The third kappa shape index (κ3) is 6.45. The van der Waals surface area contributed by atoms with E-state index in [9.17, 15) is 0 Å². The molecule has 0 saturated heterocycles. The Kier molecular flexibility index (Phi) is 8.32. The highest BCUT2D eigenvalue weighted by Gasteiger charge is 2.12. The van der Waals surface area contributed by atoms with Gasteiger partial charge in [0.25, 0.3) is 0 Å². The summed E-state index contributed by atoms with van der Waals surface area (Å²) in [5.74, 6) is 2.78. The summed E-state index contributed by atoms with van der Waals surface area (Å²) in [7, 11) is 0. The molecule has 0 aliphatic rings. The lowest BCUT2D eigenvalue weighted by Gasteiger charge is -2.21. The van der Waals surface area contributed by atoms with Gasteiger partial charge in [0.15, 0.2) is 0 Å². The summed E-state index contributed by atoms with van der Waals surface area (Å²) < 4.78 is 0. The minimum absolute atomic E-state index is 0.926. The van der Waals surface area contributed by atoms with Crippen LogP contribution >= 0.6 is 0 Å². The van der Waals surface area contributed by atoms with Crippen molar-refractivity contribution in [2.24, 2.45) is 17.8 Å². The summed E-state index contributed by atoms with van der Waals surface area (Å²) in [5.41, 5.74) is 0. The molecule has 86 valence electrons. The van der Waals surface area contributed by atoms with Crippen molar-refractivity contribution in [3.63, 3.8) is 0 Å². The van der Waals surface area contributed by atoms with Crippen molar-refractivity contribution < 1.29 is 0 Å². The van der Waals surface area contributed by atoms with E-state index in [0.717, 1.165) is 17.8 Å². The molecule has 0 heterocycles. The largest absolute Gasteiger partial charge is 0.0654 e. The molecule has 0 aromatic rings. The monoisotopic (exact) mass is 198 g/mol. The van der Waals surface area contributed by atoms with E-state index in [1.165, 1.54) is 38.5 Å². The lowest BCUT2D eigenvalue weighted by molar-refractivity contribution is 0.308. The topological polar surface area (TPSA) is 0 Å². The van der Waals surface area contributed by atoms with Gasteiger partial charge < -0.3 is 0 Å². The van der Waals surface area contributed by atoms with Crippen molar-refractivity contribution in [1.82, 2.24) is 0 Å². The first-order chi connectivity index (χ1) is 6.61. The van der Waals surface area contributed by atoms with Gasteiger partial charge in [-0.15, -0.1) is 0 Å². The second-order valence-corrected chi connectivity index (χ2v) is 5.19. The summed E-state index contributed by atoms with van der Waals surface area (Å²) in [6.45, 7) is 11.8. The molecule has 0 rings (SSSR count). The van der Waals surface area contributed by atoms with Crippen molar-refractivity contribution in [2.75, 3.05) is 0 Å². The fourth-order valence-corrected chi connectivity index (χ4v) is 1.85. The van der Waals surface area contributed by atoms with Crippen LogP contribution in [0.5, 0.6) is 0 Å². The van der Waals surface area contributed by atoms with Crippen LogP contribution in [0.4, 0.5) is 0 Å². The zero-order valence-corrected chi connectivity index (χ0v) is 11.0. The number of unbranched alkanes of at least 4 members (excludes halogenated alkanes) is 1. The van der Waals surface area contributed by atoms with Crippen molar-refractivity contribution in [1.29, 1.82) is 0 Å². The van der Waals surface area contributed by atoms with E-state index in [2.05, 4.69) is 34.6 Å². The van der Waals surface area contributed by atoms with Gasteiger partial charge in [-0.2, -0.15) is 0 Å². The third-order valence-electron chi connectivity index (χ3n) is 3.80. The first-order valence-electron chi connectivity index (χ1n) is 6.61. The SMILES string of the molecule is CCCCC(C)C(C)CCC(C)CC. The minimum Gasteiger partial charge on any atom is -0.0654 e. The molecular formula is C14H30. The smallest absolute Gasteiger partial charge is 0.0417 e. The molecule has 0 saturated carbocycles. The molecule has 0 aliphatic heterocycles. The zero-order chi connectivity index (χ0) is 11.0. The molecule has 0 amide bonds. The maximum atomic E-state index is 2.43. The van der Waals surface area contributed by atoms with E-state index in [4.69, 9.17) is 0 Å². The fourth-order valence-electron chi connectivity index (χ4n) is 1.85. The Labute approximate surface area is 91.5 Å². The predicted molar refractivity (Wildman–Crippen MR) is 66.5 cm³/mol. The van der Waals surface area contributed by atoms with Gasteiger partial charge in [-0.3, -0.25) is 0 Å². The summed E-state index contributed by atoms with van der Waals surface area (Å²) in [4.78, 5) is 0. The van der Waals surface area contributed by atoms with Crippen molar-refractivity contribution in [3.8, 4) is 0 Å². The van der Waals surface area contributed by atoms with Crippen LogP contribution in [0.25, 0.3) is 0 Å². The molecule has 0 aromatic carbocycles. The van der Waals surface area contributed by atoms with Gasteiger partial charge in [-0.1, -0.05) is 73.1 Å². The highest BCUT2D eigenvalue weighted by Crippen LogP contribution is 2.24. The number of hydrogen-bond donors (Lipinski definition) is 0. The average molecular weight is 198 g/mol. The van der Waals surface area contributed by atoms with Gasteiger partial charge in [0.1, 0.15) is 0 Å². The summed E-state index contributed by atoms with van der Waals surface area (Å²) >= 11 is 0. The fraction of sp³-hybridized carbons (Fsp3) is 1.00. The van der Waals surface area contributed by atoms with Crippen LogP contribution in [-0.2, 0) is 0 Å². The van der Waals surface area contributed by atoms with Crippen LogP contribution < -0.4 is 0 Å². The highest BCUT2D eigenvalue weighted by atomic mass is 14.2. The molecular weight excluding hydrogens is 168 g/mol. The van der Waals surface area contributed by atoms with E-state index < -0.39 is 0 Å². The zero-order valence-electron chi connectivity index (χ0n) is 11.0. The van der Waals surface area contributed by atoms with Gasteiger partial charge >= 0.3 is 0 Å². The molecule has 14 heavy (non-hydrogen) atoms. The van der Waals surface area contributed by atoms with E-state index in [0.29, 0.717) is 0 Å². The van der Waals surface area contributed by atoms with E-state index >= 15 is 0 Å². The van der Waals surface area contributed by atoms with E-state index in [1.54, 1.807) is 0 Å². The van der Waals surface area contributed by atoms with E-state index in [1.807, 2.05) is 0 Å². The Balaban J connectivity index is 3.55. The van der Waals surface area contributed by atoms with Crippen LogP contribution in [0.2, 0.25) is 0 Å². The quantitative estimate of drug-likeness (QED) is 0.498. The molecule has 0 fully saturated rings. The Morgan fingerprint density at radius 3 is 1.86 bits per heavy atom. The number of hydrogen-bond acceptors (Lipinski definition) is 0. The highest BCUT2D eigenvalue weighted by molar-refractivity contribution is 4.63.